The van der Waals surface area contributed by atoms with Crippen LogP contribution in [0.5, 0.6) is 0 Å². The van der Waals surface area contributed by atoms with Crippen molar-refractivity contribution in [3.63, 3.8) is 0 Å². The smallest absolute Gasteiger partial charge is 0.557 e. The highest BCUT2D eigenvalue weighted by atomic mass is 31.1. The summed E-state index contributed by atoms with van der Waals surface area (Å²) in [5, 5.41) is 0. The van der Waals surface area contributed by atoms with Crippen molar-refractivity contribution in [1.82, 2.24) is 0 Å². The highest BCUT2D eigenvalue weighted by molar-refractivity contribution is 7.31. The molecule has 0 heterocycles. The van der Waals surface area contributed by atoms with E-state index >= 15 is 0 Å². The van der Waals surface area contributed by atoms with Gasteiger partial charge in [-0.05, 0) is 11.0 Å². The molecule has 6 heteroatoms. The molecule has 0 spiro atoms. The average molecular weight is 190 g/mol. The van der Waals surface area contributed by atoms with Crippen molar-refractivity contribution in [3.05, 3.63) is 0 Å². The van der Waals surface area contributed by atoms with Crippen molar-refractivity contribution in [1.29, 1.82) is 0 Å². The van der Waals surface area contributed by atoms with Gasteiger partial charge in [0, 0.05) is 0 Å². The van der Waals surface area contributed by atoms with Crippen LogP contribution in [0.15, 0.2) is 0 Å². The van der Waals surface area contributed by atoms with Crippen LogP contribution in [0.2, 0.25) is 0 Å². The van der Waals surface area contributed by atoms with E-state index in [-0.39, 0.29) is 0 Å². The zero-order valence-electron chi connectivity index (χ0n) is 6.35. The molecule has 0 saturated heterocycles. The van der Waals surface area contributed by atoms with E-state index in [1.807, 2.05) is 0 Å². The first kappa shape index (κ1) is 10.9. The van der Waals surface area contributed by atoms with Gasteiger partial charge in [-0.2, -0.15) is 9.32 Å². The molecular formula is C6H7O5P. The van der Waals surface area contributed by atoms with Crippen LogP contribution in [0, 0.1) is 12.3 Å². The summed E-state index contributed by atoms with van der Waals surface area (Å²) in [5.74, 6) is 2.14. The van der Waals surface area contributed by atoms with Gasteiger partial charge in [-0.15, -0.1) is 6.42 Å². The summed E-state index contributed by atoms with van der Waals surface area (Å²) in [4.78, 5) is 20.3. The first-order valence-electron chi connectivity index (χ1n) is 3.09. The monoisotopic (exact) mass is 190 g/mol. The van der Waals surface area contributed by atoms with Crippen molar-refractivity contribution in [3.8, 4) is 12.3 Å². The van der Waals surface area contributed by atoms with E-state index in [0.717, 1.165) is 0 Å². The normalized spacial score (nSPS) is 12.6. The van der Waals surface area contributed by atoms with Gasteiger partial charge in [0.1, 0.15) is 0 Å². The summed E-state index contributed by atoms with van der Waals surface area (Å²) in [5.41, 5.74) is 0. The van der Waals surface area contributed by atoms with E-state index in [1.165, 1.54) is 0 Å². The zero-order valence-corrected chi connectivity index (χ0v) is 7.24. The van der Waals surface area contributed by atoms with Crippen LogP contribution < -0.4 is 4.89 Å². The Bertz CT molecular complexity index is 218. The Kier molecular flexibility index (Phi) is 5.02. The minimum atomic E-state index is -3.22. The van der Waals surface area contributed by atoms with Crippen LogP contribution in [-0.2, 0) is 13.8 Å². The topological polar surface area (TPSA) is 75.7 Å². The van der Waals surface area contributed by atoms with Gasteiger partial charge < -0.3 is 9.63 Å². The predicted molar refractivity (Wildman–Crippen MR) is 38.1 cm³/mol. The maximum Gasteiger partial charge on any atom is 0.557 e. The van der Waals surface area contributed by atoms with E-state index in [9.17, 15) is 14.3 Å². The molecule has 0 aliphatic rings. The lowest BCUT2D eigenvalue weighted by Gasteiger charge is -2.05. The van der Waals surface area contributed by atoms with Crippen LogP contribution in [0.25, 0.3) is 0 Å². The zero-order chi connectivity index (χ0) is 9.56. The molecule has 0 aliphatic carbocycles. The molecule has 0 amide bonds. The molecule has 5 nitrogen and oxygen atoms in total. The summed E-state index contributed by atoms with van der Waals surface area (Å²) in [6, 6.07) is 0. The van der Waals surface area contributed by atoms with Gasteiger partial charge in [0.2, 0.25) is 0 Å². The van der Waals surface area contributed by atoms with Gasteiger partial charge in [0.25, 0.3) is 0 Å². The van der Waals surface area contributed by atoms with Gasteiger partial charge >= 0.3 is 14.4 Å². The molecule has 0 aromatic heterocycles. The Hall–Kier alpha value is -1.11. The van der Waals surface area contributed by atoms with E-state index in [2.05, 4.69) is 15.2 Å². The van der Waals surface area contributed by atoms with Crippen molar-refractivity contribution < 1.29 is 23.5 Å². The van der Waals surface area contributed by atoms with E-state index in [0.29, 0.717) is 6.42 Å². The second-order valence-electron chi connectivity index (χ2n) is 1.75. The van der Waals surface area contributed by atoms with Crippen LogP contribution in [0.3, 0.4) is 0 Å². The summed E-state index contributed by atoms with van der Waals surface area (Å²) >= 11 is 0. The second-order valence-corrected chi connectivity index (χ2v) is 2.38. The van der Waals surface area contributed by atoms with Crippen molar-refractivity contribution in [2.24, 2.45) is 0 Å². The lowest BCUT2D eigenvalue weighted by Crippen LogP contribution is -2.15. The first-order chi connectivity index (χ1) is 5.60. The molecule has 0 aromatic carbocycles. The summed E-state index contributed by atoms with van der Waals surface area (Å²) in [7, 11) is -3.22. The maximum absolute atomic E-state index is 10.5. The molecule has 0 N–H and O–H groups in total. The molecule has 0 saturated carbocycles. The minimum Gasteiger partial charge on any atom is -0.558 e. The van der Waals surface area contributed by atoms with Gasteiger partial charge in [0.15, 0.2) is 6.10 Å². The molecule has 0 bridgehead atoms. The SMILES string of the molecule is C#CC(CC)OC(=O)O[P+](=O)[O-]. The van der Waals surface area contributed by atoms with E-state index < -0.39 is 20.5 Å². The second kappa shape index (κ2) is 5.53. The van der Waals surface area contributed by atoms with Crippen LogP contribution in [-0.4, -0.2) is 12.3 Å². The molecule has 0 fully saturated rings. The highest BCUT2D eigenvalue weighted by Crippen LogP contribution is 2.11. The van der Waals surface area contributed by atoms with E-state index in [1.54, 1.807) is 6.92 Å². The molecule has 2 unspecified atom stereocenters. The molecule has 0 aliphatic heterocycles. The third kappa shape index (κ3) is 4.67. The quantitative estimate of drug-likeness (QED) is 0.369. The number of hydrogen-bond donors (Lipinski definition) is 0. The summed E-state index contributed by atoms with van der Waals surface area (Å²) < 4.78 is 17.9. The van der Waals surface area contributed by atoms with Gasteiger partial charge in [-0.1, -0.05) is 12.8 Å². The molecule has 12 heavy (non-hydrogen) atoms. The number of rotatable bonds is 3. The van der Waals surface area contributed by atoms with Crippen LogP contribution in [0.1, 0.15) is 13.3 Å². The van der Waals surface area contributed by atoms with Crippen LogP contribution >= 0.6 is 8.25 Å². The fraction of sp³-hybridized carbons (Fsp3) is 0.500. The Balaban J connectivity index is 3.84. The molecule has 2 atom stereocenters. The summed E-state index contributed by atoms with van der Waals surface area (Å²) in [6.45, 7) is 1.69. The van der Waals surface area contributed by atoms with Crippen molar-refractivity contribution in [2.75, 3.05) is 0 Å². The number of terminal acetylenes is 1. The molecule has 0 radical (unpaired) electrons. The third-order valence-electron chi connectivity index (χ3n) is 0.944. The van der Waals surface area contributed by atoms with E-state index in [4.69, 9.17) is 6.42 Å². The molecule has 66 valence electrons. The average Bonchev–Trinajstić information content (AvgIpc) is 1.98. The number of hydrogen-bond acceptors (Lipinski definition) is 5. The fourth-order valence-corrected chi connectivity index (χ4v) is 0.598. The Morgan fingerprint density at radius 3 is 2.75 bits per heavy atom. The number of carbonyl (C=O) groups is 1. The lowest BCUT2D eigenvalue weighted by molar-refractivity contribution is -0.182. The predicted octanol–water partition coefficient (Wildman–Crippen LogP) is 0.569. The van der Waals surface area contributed by atoms with Crippen LogP contribution in [0.4, 0.5) is 4.79 Å². The molecule has 0 rings (SSSR count). The van der Waals surface area contributed by atoms with Crippen molar-refractivity contribution in [2.45, 2.75) is 19.4 Å². The number of carbonyl (C=O) groups excluding carboxylic acids is 1. The standard InChI is InChI=1S/C6H7O5P/c1-3-5(4-2)10-6(7)11-12(8)9/h1,5H,4H2,2H3. The Morgan fingerprint density at radius 1 is 1.83 bits per heavy atom. The highest BCUT2D eigenvalue weighted by Gasteiger charge is 2.17. The van der Waals surface area contributed by atoms with Gasteiger partial charge in [0.05, 0.1) is 0 Å². The van der Waals surface area contributed by atoms with Gasteiger partial charge in [-0.25, -0.2) is 0 Å². The Morgan fingerprint density at radius 2 is 2.42 bits per heavy atom. The third-order valence-corrected chi connectivity index (χ3v) is 1.24. The maximum atomic E-state index is 10.5. The first-order valence-corrected chi connectivity index (χ1v) is 4.18. The molecule has 0 aromatic rings. The summed E-state index contributed by atoms with van der Waals surface area (Å²) in [6.07, 6.45) is 3.29. The number of ether oxygens (including phenoxy) is 1. The lowest BCUT2D eigenvalue weighted by atomic mass is 10.3. The largest absolute Gasteiger partial charge is 0.558 e. The Labute approximate surface area is 70.6 Å². The van der Waals surface area contributed by atoms with Gasteiger partial charge in [-0.3, -0.25) is 0 Å². The van der Waals surface area contributed by atoms with Crippen molar-refractivity contribution >= 4 is 14.4 Å². The fourth-order valence-electron chi connectivity index (χ4n) is 0.434. The molecular weight excluding hydrogens is 183 g/mol. The minimum absolute atomic E-state index is 0.404.